The lowest BCUT2D eigenvalue weighted by atomic mass is 10.3. The largest absolute Gasteiger partial charge is 0.415 e. The van der Waals surface area contributed by atoms with Gasteiger partial charge in [-0.15, -0.1) is 0 Å². The molecule has 0 aliphatic rings. The minimum Gasteiger partial charge on any atom is -0.385 e. The van der Waals surface area contributed by atoms with Gasteiger partial charge in [0.2, 0.25) is 0 Å². The molecule has 0 aromatic heterocycles. The standard InChI is InChI=1S/C8H16F3NO2/c1-14-5-3-2-4-12-6-7(13)8(9,10)11/h7,12-13H,2-6H2,1H3. The van der Waals surface area contributed by atoms with Crippen LogP contribution in [0.3, 0.4) is 0 Å². The molecule has 1 unspecified atom stereocenters. The van der Waals surface area contributed by atoms with E-state index < -0.39 is 18.8 Å². The Morgan fingerprint density at radius 1 is 1.36 bits per heavy atom. The van der Waals surface area contributed by atoms with Gasteiger partial charge in [-0.1, -0.05) is 0 Å². The Hall–Kier alpha value is -0.330. The van der Waals surface area contributed by atoms with Gasteiger partial charge in [-0.05, 0) is 19.4 Å². The van der Waals surface area contributed by atoms with E-state index in [2.05, 4.69) is 5.32 Å². The molecule has 14 heavy (non-hydrogen) atoms. The predicted molar refractivity (Wildman–Crippen MR) is 46.0 cm³/mol. The second-order valence-electron chi connectivity index (χ2n) is 2.96. The fraction of sp³-hybridized carbons (Fsp3) is 1.00. The van der Waals surface area contributed by atoms with Crippen molar-refractivity contribution in [3.63, 3.8) is 0 Å². The molecule has 3 nitrogen and oxygen atoms in total. The topological polar surface area (TPSA) is 41.5 Å². The van der Waals surface area contributed by atoms with E-state index in [9.17, 15) is 13.2 Å². The third kappa shape index (κ3) is 7.11. The Balaban J connectivity index is 3.28. The van der Waals surface area contributed by atoms with E-state index in [1.165, 1.54) is 0 Å². The summed E-state index contributed by atoms with van der Waals surface area (Å²) in [6.07, 6.45) is -5.27. The normalized spacial score (nSPS) is 14.4. The highest BCUT2D eigenvalue weighted by atomic mass is 19.4. The minimum absolute atomic E-state index is 0.448. The molecule has 86 valence electrons. The maximum atomic E-state index is 11.8. The van der Waals surface area contributed by atoms with Crippen LogP contribution in [0.4, 0.5) is 13.2 Å². The molecule has 0 bridgehead atoms. The molecule has 0 rings (SSSR count). The van der Waals surface area contributed by atoms with Gasteiger partial charge in [-0.3, -0.25) is 0 Å². The Bertz CT molecular complexity index is 141. The van der Waals surface area contributed by atoms with Crippen LogP contribution in [0.2, 0.25) is 0 Å². The summed E-state index contributed by atoms with van der Waals surface area (Å²) in [5, 5.41) is 11.1. The molecule has 0 aliphatic heterocycles. The molecule has 2 N–H and O–H groups in total. The number of rotatable bonds is 7. The zero-order valence-electron chi connectivity index (χ0n) is 8.10. The Morgan fingerprint density at radius 2 is 2.00 bits per heavy atom. The third-order valence-corrected chi connectivity index (χ3v) is 1.67. The molecule has 1 atom stereocenters. The third-order valence-electron chi connectivity index (χ3n) is 1.67. The number of hydrogen-bond donors (Lipinski definition) is 2. The first-order chi connectivity index (χ1) is 6.48. The smallest absolute Gasteiger partial charge is 0.385 e. The van der Waals surface area contributed by atoms with E-state index in [0.29, 0.717) is 13.2 Å². The molecule has 6 heteroatoms. The van der Waals surface area contributed by atoms with Crippen molar-refractivity contribution in [1.82, 2.24) is 5.32 Å². The summed E-state index contributed by atoms with van der Waals surface area (Å²) in [6, 6.07) is 0. The number of nitrogens with one attached hydrogen (secondary N) is 1. The second kappa shape index (κ2) is 7.03. The molecule has 0 saturated heterocycles. The van der Waals surface area contributed by atoms with Crippen molar-refractivity contribution in [1.29, 1.82) is 0 Å². The van der Waals surface area contributed by atoms with Crippen LogP contribution in [0, 0.1) is 0 Å². The van der Waals surface area contributed by atoms with E-state index in [1.807, 2.05) is 0 Å². The Kier molecular flexibility index (Phi) is 6.86. The summed E-state index contributed by atoms with van der Waals surface area (Å²) < 4.78 is 40.1. The van der Waals surface area contributed by atoms with Gasteiger partial charge in [-0.2, -0.15) is 13.2 Å². The average Bonchev–Trinajstić information content (AvgIpc) is 2.09. The number of methoxy groups -OCH3 is 1. The van der Waals surface area contributed by atoms with Crippen LogP contribution in [0.5, 0.6) is 0 Å². The predicted octanol–water partition coefficient (Wildman–Crippen LogP) is 0.926. The number of aliphatic hydroxyl groups excluding tert-OH is 1. The van der Waals surface area contributed by atoms with Crippen LogP contribution in [0.25, 0.3) is 0 Å². The van der Waals surface area contributed by atoms with Crippen molar-refractivity contribution >= 4 is 0 Å². The summed E-state index contributed by atoms with van der Waals surface area (Å²) >= 11 is 0. The summed E-state index contributed by atoms with van der Waals surface area (Å²) in [7, 11) is 1.57. The average molecular weight is 215 g/mol. The summed E-state index contributed by atoms with van der Waals surface area (Å²) in [5.74, 6) is 0. The fourth-order valence-corrected chi connectivity index (χ4v) is 0.851. The van der Waals surface area contributed by atoms with Gasteiger partial charge < -0.3 is 15.2 Å². The van der Waals surface area contributed by atoms with E-state index in [-0.39, 0.29) is 0 Å². The molecule has 0 aromatic rings. The van der Waals surface area contributed by atoms with Crippen LogP contribution >= 0.6 is 0 Å². The van der Waals surface area contributed by atoms with Crippen molar-refractivity contribution in [3.05, 3.63) is 0 Å². The van der Waals surface area contributed by atoms with Crippen LogP contribution in [-0.2, 0) is 4.74 Å². The summed E-state index contributed by atoms with van der Waals surface area (Å²) in [4.78, 5) is 0. The monoisotopic (exact) mass is 215 g/mol. The van der Waals surface area contributed by atoms with Crippen molar-refractivity contribution in [2.45, 2.75) is 25.1 Å². The van der Waals surface area contributed by atoms with E-state index in [0.717, 1.165) is 12.8 Å². The van der Waals surface area contributed by atoms with Crippen molar-refractivity contribution in [2.75, 3.05) is 26.8 Å². The van der Waals surface area contributed by atoms with Crippen molar-refractivity contribution in [2.24, 2.45) is 0 Å². The van der Waals surface area contributed by atoms with Gasteiger partial charge in [0.15, 0.2) is 6.10 Å². The molecule has 0 aliphatic carbocycles. The van der Waals surface area contributed by atoms with Gasteiger partial charge in [0.1, 0.15) is 0 Å². The maximum Gasteiger partial charge on any atom is 0.415 e. The van der Waals surface area contributed by atoms with Gasteiger partial charge in [0, 0.05) is 20.3 Å². The highest BCUT2D eigenvalue weighted by molar-refractivity contribution is 4.67. The van der Waals surface area contributed by atoms with Crippen molar-refractivity contribution < 1.29 is 23.0 Å². The molecule has 0 fully saturated rings. The molecular formula is C8H16F3NO2. The highest BCUT2D eigenvalue weighted by Crippen LogP contribution is 2.18. The lowest BCUT2D eigenvalue weighted by Gasteiger charge is -2.14. The first kappa shape index (κ1) is 13.7. The number of hydrogen-bond acceptors (Lipinski definition) is 3. The number of alkyl halides is 3. The lowest BCUT2D eigenvalue weighted by molar-refractivity contribution is -0.201. The molecule has 0 aromatic carbocycles. The van der Waals surface area contributed by atoms with E-state index in [1.54, 1.807) is 7.11 Å². The molecule has 0 spiro atoms. The minimum atomic E-state index is -4.53. The maximum absolute atomic E-state index is 11.8. The summed E-state index contributed by atoms with van der Waals surface area (Å²) in [6.45, 7) is 0.608. The van der Waals surface area contributed by atoms with Crippen LogP contribution in [0.15, 0.2) is 0 Å². The zero-order chi connectivity index (χ0) is 11.0. The molecular weight excluding hydrogens is 199 g/mol. The quantitative estimate of drug-likeness (QED) is 0.621. The highest BCUT2D eigenvalue weighted by Gasteiger charge is 2.37. The molecule has 0 saturated carbocycles. The molecule has 0 amide bonds. The first-order valence-electron chi connectivity index (χ1n) is 4.43. The number of ether oxygens (including phenoxy) is 1. The zero-order valence-corrected chi connectivity index (χ0v) is 8.10. The van der Waals surface area contributed by atoms with Crippen LogP contribution in [0.1, 0.15) is 12.8 Å². The Morgan fingerprint density at radius 3 is 2.50 bits per heavy atom. The SMILES string of the molecule is COCCCCNCC(O)C(F)(F)F. The van der Waals surface area contributed by atoms with E-state index in [4.69, 9.17) is 9.84 Å². The van der Waals surface area contributed by atoms with Gasteiger partial charge in [0.05, 0.1) is 0 Å². The molecule has 0 radical (unpaired) electrons. The first-order valence-corrected chi connectivity index (χ1v) is 4.43. The molecule has 0 heterocycles. The van der Waals surface area contributed by atoms with Gasteiger partial charge in [-0.25, -0.2) is 0 Å². The number of halogens is 3. The second-order valence-corrected chi connectivity index (χ2v) is 2.96. The lowest BCUT2D eigenvalue weighted by Crippen LogP contribution is -2.38. The van der Waals surface area contributed by atoms with Crippen LogP contribution < -0.4 is 5.32 Å². The van der Waals surface area contributed by atoms with Crippen molar-refractivity contribution in [3.8, 4) is 0 Å². The number of unbranched alkanes of at least 4 members (excludes halogenated alkanes) is 1. The fourth-order valence-electron chi connectivity index (χ4n) is 0.851. The Labute approximate surface area is 81.2 Å². The number of aliphatic hydroxyl groups is 1. The van der Waals surface area contributed by atoms with E-state index >= 15 is 0 Å². The van der Waals surface area contributed by atoms with Crippen LogP contribution in [-0.4, -0.2) is 44.2 Å². The summed E-state index contributed by atoms with van der Waals surface area (Å²) in [5.41, 5.74) is 0. The van der Waals surface area contributed by atoms with Gasteiger partial charge >= 0.3 is 6.18 Å². The van der Waals surface area contributed by atoms with Gasteiger partial charge in [0.25, 0.3) is 0 Å².